The first-order valence-corrected chi connectivity index (χ1v) is 10.6. The molecule has 0 bridgehead atoms. The Morgan fingerprint density at radius 2 is 1.42 bits per heavy atom. The lowest BCUT2D eigenvalue weighted by Crippen LogP contribution is -2.32. The fourth-order valence-electron chi connectivity index (χ4n) is 4.47. The molecule has 0 heteroatoms. The first-order valence-electron chi connectivity index (χ1n) is 10.6. The minimum Gasteiger partial charge on any atom is -0.0999 e. The van der Waals surface area contributed by atoms with Crippen molar-refractivity contribution in [2.75, 3.05) is 0 Å². The van der Waals surface area contributed by atoms with E-state index in [1.807, 2.05) is 0 Å². The van der Waals surface area contributed by atoms with Crippen LogP contribution in [-0.4, -0.2) is 0 Å². The molecule has 0 aliphatic rings. The van der Waals surface area contributed by atoms with E-state index in [4.69, 9.17) is 0 Å². The zero-order valence-corrected chi connectivity index (χ0v) is 18.7. The first kappa shape index (κ1) is 23.7. The fraction of sp³-hybridized carbons (Fsp3) is 0.917. The maximum Gasteiger partial charge on any atom is -0.0178 e. The van der Waals surface area contributed by atoms with Gasteiger partial charge in [-0.1, -0.05) is 93.7 Å². The molecule has 0 spiro atoms. The summed E-state index contributed by atoms with van der Waals surface area (Å²) in [6.45, 7) is 28.4. The highest BCUT2D eigenvalue weighted by Crippen LogP contribution is 2.43. The first-order chi connectivity index (χ1) is 11.0. The predicted molar refractivity (Wildman–Crippen MR) is 112 cm³/mol. The summed E-state index contributed by atoms with van der Waals surface area (Å²) in [5, 5.41) is 0. The van der Waals surface area contributed by atoms with E-state index in [9.17, 15) is 0 Å². The molecular weight excluding hydrogens is 288 g/mol. The number of allylic oxidation sites excluding steroid dienone is 1. The van der Waals surface area contributed by atoms with Gasteiger partial charge >= 0.3 is 0 Å². The monoisotopic (exact) mass is 336 g/mol. The van der Waals surface area contributed by atoms with Crippen LogP contribution >= 0.6 is 0 Å². The minimum atomic E-state index is 0.429. The van der Waals surface area contributed by atoms with E-state index in [0.29, 0.717) is 11.3 Å². The van der Waals surface area contributed by atoms with Crippen LogP contribution in [0.5, 0.6) is 0 Å². The normalized spacial score (nSPS) is 19.0. The van der Waals surface area contributed by atoms with Crippen molar-refractivity contribution in [3.05, 3.63) is 12.2 Å². The quantitative estimate of drug-likeness (QED) is 0.314. The molecule has 0 aliphatic heterocycles. The van der Waals surface area contributed by atoms with Crippen molar-refractivity contribution in [2.24, 2.45) is 40.9 Å². The Bertz CT molecular complexity index is 349. The zero-order chi connectivity index (χ0) is 19.1. The molecule has 144 valence electrons. The van der Waals surface area contributed by atoms with E-state index in [1.165, 1.54) is 37.7 Å². The van der Waals surface area contributed by atoms with Gasteiger partial charge < -0.3 is 0 Å². The van der Waals surface area contributed by atoms with Crippen molar-refractivity contribution >= 4 is 0 Å². The van der Waals surface area contributed by atoms with Crippen LogP contribution in [-0.2, 0) is 0 Å². The van der Waals surface area contributed by atoms with Gasteiger partial charge in [0.15, 0.2) is 0 Å². The van der Waals surface area contributed by atoms with E-state index in [2.05, 4.69) is 75.8 Å². The van der Waals surface area contributed by atoms with Gasteiger partial charge in [0, 0.05) is 0 Å². The summed E-state index contributed by atoms with van der Waals surface area (Å²) in [5.74, 6) is 4.62. The van der Waals surface area contributed by atoms with Crippen molar-refractivity contribution in [3.63, 3.8) is 0 Å². The van der Waals surface area contributed by atoms with Gasteiger partial charge in [0.1, 0.15) is 0 Å². The topological polar surface area (TPSA) is 0 Å². The fourth-order valence-corrected chi connectivity index (χ4v) is 4.47. The third-order valence-electron chi connectivity index (χ3n) is 7.29. The number of hydrogen-bond acceptors (Lipinski definition) is 0. The summed E-state index contributed by atoms with van der Waals surface area (Å²) in [5.41, 5.74) is 1.83. The van der Waals surface area contributed by atoms with Crippen LogP contribution < -0.4 is 0 Å². The van der Waals surface area contributed by atoms with Crippen molar-refractivity contribution in [3.8, 4) is 0 Å². The van der Waals surface area contributed by atoms with Gasteiger partial charge in [-0.15, -0.1) is 0 Å². The molecule has 5 unspecified atom stereocenters. The molecule has 0 fully saturated rings. The Balaban J connectivity index is 5.05. The van der Waals surface area contributed by atoms with Crippen LogP contribution in [0.15, 0.2) is 12.2 Å². The second-order valence-corrected chi connectivity index (χ2v) is 9.74. The second-order valence-electron chi connectivity index (χ2n) is 9.74. The molecule has 0 amide bonds. The van der Waals surface area contributed by atoms with Crippen LogP contribution in [0, 0.1) is 40.9 Å². The summed E-state index contributed by atoms with van der Waals surface area (Å²) in [7, 11) is 0. The summed E-state index contributed by atoms with van der Waals surface area (Å²) in [6, 6.07) is 0. The third-order valence-corrected chi connectivity index (χ3v) is 7.29. The zero-order valence-electron chi connectivity index (χ0n) is 18.7. The van der Waals surface area contributed by atoms with Crippen LogP contribution in [0.2, 0.25) is 0 Å². The highest BCUT2D eigenvalue weighted by molar-refractivity contribution is 5.00. The average molecular weight is 337 g/mol. The predicted octanol–water partition coefficient (Wildman–Crippen LogP) is 8.38. The van der Waals surface area contributed by atoms with Gasteiger partial charge in [-0.25, -0.2) is 0 Å². The Morgan fingerprint density at radius 3 is 1.79 bits per heavy atom. The molecule has 0 N–H and O–H groups in total. The molecule has 0 saturated heterocycles. The summed E-state index contributed by atoms with van der Waals surface area (Å²) >= 11 is 0. The van der Waals surface area contributed by atoms with Crippen molar-refractivity contribution in [2.45, 2.75) is 101 Å². The van der Waals surface area contributed by atoms with E-state index in [-0.39, 0.29) is 0 Å². The lowest BCUT2D eigenvalue weighted by molar-refractivity contribution is 0.0948. The van der Waals surface area contributed by atoms with Gasteiger partial charge in [-0.2, -0.15) is 0 Å². The van der Waals surface area contributed by atoms with Crippen molar-refractivity contribution in [1.29, 1.82) is 0 Å². The largest absolute Gasteiger partial charge is 0.0999 e. The lowest BCUT2D eigenvalue weighted by atomic mass is 9.64. The van der Waals surface area contributed by atoms with Gasteiger partial charge in [0.2, 0.25) is 0 Å². The summed E-state index contributed by atoms with van der Waals surface area (Å²) in [6.07, 6.45) is 6.56. The van der Waals surface area contributed by atoms with E-state index in [0.717, 1.165) is 29.6 Å². The molecule has 0 aromatic rings. The highest BCUT2D eigenvalue weighted by atomic mass is 14.4. The van der Waals surface area contributed by atoms with Gasteiger partial charge in [0.25, 0.3) is 0 Å². The standard InChI is InChI=1S/C24H48/c1-12-20(8)24(10,11)21(9)16-19(7)22(13-2)23(18(5)6)15-14-17(3)4/h17,19-23H,5,12-16H2,1-4,6-11H3. The average Bonchev–Trinajstić information content (AvgIpc) is 2.49. The third kappa shape index (κ3) is 6.93. The molecule has 0 aliphatic carbocycles. The SMILES string of the molecule is C=C(C)C(CCC(C)C)C(CC)C(C)CC(C)C(C)(C)C(C)CC. The van der Waals surface area contributed by atoms with Crippen LogP contribution in [0.3, 0.4) is 0 Å². The number of rotatable bonds is 12. The molecule has 0 aromatic heterocycles. The van der Waals surface area contributed by atoms with Gasteiger partial charge in [-0.3, -0.25) is 0 Å². The molecule has 5 atom stereocenters. The molecule has 24 heavy (non-hydrogen) atoms. The highest BCUT2D eigenvalue weighted by Gasteiger charge is 2.34. The van der Waals surface area contributed by atoms with Crippen LogP contribution in [0.1, 0.15) is 101 Å². The summed E-state index contributed by atoms with van der Waals surface area (Å²) in [4.78, 5) is 0. The van der Waals surface area contributed by atoms with Gasteiger partial charge in [-0.05, 0) is 60.7 Å². The number of hydrogen-bond donors (Lipinski definition) is 0. The van der Waals surface area contributed by atoms with Crippen LogP contribution in [0.25, 0.3) is 0 Å². The maximum absolute atomic E-state index is 4.35. The Morgan fingerprint density at radius 1 is 0.875 bits per heavy atom. The van der Waals surface area contributed by atoms with Crippen molar-refractivity contribution < 1.29 is 0 Å². The Kier molecular flexibility index (Phi) is 10.6. The Labute approximate surface area is 154 Å². The Hall–Kier alpha value is -0.260. The summed E-state index contributed by atoms with van der Waals surface area (Å²) < 4.78 is 0. The maximum atomic E-state index is 4.35. The van der Waals surface area contributed by atoms with Crippen LogP contribution in [0.4, 0.5) is 0 Å². The smallest absolute Gasteiger partial charge is 0.0178 e. The lowest BCUT2D eigenvalue weighted by Gasteiger charge is -2.41. The van der Waals surface area contributed by atoms with E-state index in [1.54, 1.807) is 0 Å². The minimum absolute atomic E-state index is 0.429. The molecule has 0 nitrogen and oxygen atoms in total. The molecule has 0 saturated carbocycles. The van der Waals surface area contributed by atoms with Gasteiger partial charge in [0.05, 0.1) is 0 Å². The van der Waals surface area contributed by atoms with Crippen molar-refractivity contribution in [1.82, 2.24) is 0 Å². The molecule has 0 heterocycles. The molecule has 0 rings (SSSR count). The second kappa shape index (κ2) is 10.7. The molecule has 0 radical (unpaired) electrons. The van der Waals surface area contributed by atoms with E-state index >= 15 is 0 Å². The molecule has 0 aromatic carbocycles. The van der Waals surface area contributed by atoms with E-state index < -0.39 is 0 Å². The molecular formula is C24H48.